The molecule has 0 bridgehead atoms. The first-order chi connectivity index (χ1) is 8.44. The first kappa shape index (κ1) is 13.6. The van der Waals surface area contributed by atoms with E-state index in [-0.39, 0.29) is 29.2 Å². The van der Waals surface area contributed by atoms with Crippen molar-refractivity contribution in [3.05, 3.63) is 6.20 Å². The number of carbonyl (C=O) groups is 1. The smallest absolute Gasteiger partial charge is 0.230 e. The van der Waals surface area contributed by atoms with Gasteiger partial charge in [0.25, 0.3) is 0 Å². The molecule has 1 amide bonds. The number of nitrogen functional groups attached to an aromatic ring is 1. The zero-order valence-corrected chi connectivity index (χ0v) is 11.9. The average molecular weight is 307 g/mol. The van der Waals surface area contributed by atoms with E-state index in [4.69, 9.17) is 5.73 Å². The first-order valence-corrected chi connectivity index (χ1v) is 8.91. The number of hydrogen-bond acceptors (Lipinski definition) is 7. The summed E-state index contributed by atoms with van der Waals surface area (Å²) >= 11 is 2.67. The van der Waals surface area contributed by atoms with Crippen molar-refractivity contribution in [3.63, 3.8) is 0 Å². The van der Waals surface area contributed by atoms with Gasteiger partial charge >= 0.3 is 0 Å². The number of nitrogens with two attached hydrogens (primary N) is 1. The SMILES string of the molecule is Nc1ncc(SCC(=O)NC2CCS(=O)(=O)C2)s1. The topological polar surface area (TPSA) is 102 Å². The van der Waals surface area contributed by atoms with Crippen molar-refractivity contribution >= 4 is 44.0 Å². The minimum absolute atomic E-state index is 0.0525. The molecule has 6 nitrogen and oxygen atoms in total. The maximum absolute atomic E-state index is 11.6. The average Bonchev–Trinajstić information content (AvgIpc) is 2.82. The molecule has 1 fully saturated rings. The monoisotopic (exact) mass is 307 g/mol. The molecule has 1 aromatic rings. The molecule has 9 heteroatoms. The molecule has 0 aromatic carbocycles. The van der Waals surface area contributed by atoms with Crippen LogP contribution in [0, 0.1) is 0 Å². The molecule has 1 atom stereocenters. The largest absolute Gasteiger partial charge is 0.375 e. The summed E-state index contributed by atoms with van der Waals surface area (Å²) in [6.07, 6.45) is 2.13. The fraction of sp³-hybridized carbons (Fsp3) is 0.556. The van der Waals surface area contributed by atoms with Gasteiger partial charge in [0.2, 0.25) is 5.91 Å². The van der Waals surface area contributed by atoms with Gasteiger partial charge in [-0.15, -0.1) is 11.8 Å². The van der Waals surface area contributed by atoms with Crippen LogP contribution >= 0.6 is 23.1 Å². The van der Waals surface area contributed by atoms with Crippen LogP contribution in [0.25, 0.3) is 0 Å². The van der Waals surface area contributed by atoms with Gasteiger partial charge in [0, 0.05) is 6.04 Å². The zero-order valence-electron chi connectivity index (χ0n) is 9.46. The standard InChI is InChI=1S/C9H13N3O3S3/c10-9-11-3-8(17-9)16-4-7(13)12-6-1-2-18(14,15)5-6/h3,6H,1-2,4-5H2,(H2,10,11)(H,12,13). The third-order valence-electron chi connectivity index (χ3n) is 2.45. The third-order valence-corrected chi connectivity index (χ3v) is 6.23. The molecular weight excluding hydrogens is 294 g/mol. The molecule has 1 aliphatic rings. The molecule has 1 aromatic heterocycles. The predicted molar refractivity (Wildman–Crippen MR) is 72.5 cm³/mol. The van der Waals surface area contributed by atoms with Gasteiger partial charge in [-0.05, 0) is 6.42 Å². The molecule has 2 rings (SSSR count). The van der Waals surface area contributed by atoms with Crippen molar-refractivity contribution in [2.45, 2.75) is 16.7 Å². The summed E-state index contributed by atoms with van der Waals surface area (Å²) in [7, 11) is -2.95. The Morgan fingerprint density at radius 2 is 2.44 bits per heavy atom. The van der Waals surface area contributed by atoms with Gasteiger partial charge in [0.1, 0.15) is 0 Å². The summed E-state index contributed by atoms with van der Waals surface area (Å²) in [5.41, 5.74) is 5.47. The van der Waals surface area contributed by atoms with Crippen molar-refractivity contribution in [2.75, 3.05) is 23.0 Å². The van der Waals surface area contributed by atoms with E-state index in [1.54, 1.807) is 6.20 Å². The highest BCUT2D eigenvalue weighted by molar-refractivity contribution is 8.01. The molecule has 18 heavy (non-hydrogen) atoms. The Hall–Kier alpha value is -0.800. The normalized spacial score (nSPS) is 21.9. The lowest BCUT2D eigenvalue weighted by atomic mass is 10.3. The summed E-state index contributed by atoms with van der Waals surface area (Å²) in [4.78, 5) is 15.5. The van der Waals surface area contributed by atoms with Gasteiger partial charge in [0.05, 0.1) is 27.7 Å². The van der Waals surface area contributed by atoms with Crippen molar-refractivity contribution in [1.82, 2.24) is 10.3 Å². The van der Waals surface area contributed by atoms with Crippen molar-refractivity contribution in [1.29, 1.82) is 0 Å². The second-order valence-corrected chi connectivity index (χ2v) is 8.54. The number of nitrogens with zero attached hydrogens (tertiary/aromatic N) is 1. The molecule has 0 saturated carbocycles. The van der Waals surface area contributed by atoms with Gasteiger partial charge in [-0.2, -0.15) is 0 Å². The van der Waals surface area contributed by atoms with Gasteiger partial charge < -0.3 is 11.1 Å². The minimum Gasteiger partial charge on any atom is -0.375 e. The number of rotatable bonds is 4. The molecule has 100 valence electrons. The lowest BCUT2D eigenvalue weighted by molar-refractivity contribution is -0.119. The van der Waals surface area contributed by atoms with E-state index in [9.17, 15) is 13.2 Å². The highest BCUT2D eigenvalue weighted by Gasteiger charge is 2.28. The van der Waals surface area contributed by atoms with Crippen LogP contribution in [0.1, 0.15) is 6.42 Å². The van der Waals surface area contributed by atoms with E-state index < -0.39 is 9.84 Å². The quantitative estimate of drug-likeness (QED) is 0.766. The highest BCUT2D eigenvalue weighted by atomic mass is 32.2. The Bertz CT molecular complexity index is 540. The number of amides is 1. The Morgan fingerprint density at radius 3 is 3.00 bits per heavy atom. The van der Waals surface area contributed by atoms with Crippen LogP contribution in [-0.2, 0) is 14.6 Å². The van der Waals surface area contributed by atoms with Crippen LogP contribution in [0.15, 0.2) is 10.4 Å². The van der Waals surface area contributed by atoms with Crippen LogP contribution in [-0.4, -0.2) is 42.6 Å². The lowest BCUT2D eigenvalue weighted by Gasteiger charge is -2.09. The Morgan fingerprint density at radius 1 is 1.67 bits per heavy atom. The molecule has 0 radical (unpaired) electrons. The van der Waals surface area contributed by atoms with Gasteiger partial charge in [-0.25, -0.2) is 13.4 Å². The molecule has 1 saturated heterocycles. The van der Waals surface area contributed by atoms with E-state index in [1.165, 1.54) is 23.1 Å². The molecule has 1 aliphatic heterocycles. The van der Waals surface area contributed by atoms with Crippen LogP contribution in [0.4, 0.5) is 5.13 Å². The van der Waals surface area contributed by atoms with E-state index in [0.717, 1.165) is 4.21 Å². The molecule has 1 unspecified atom stereocenters. The summed E-state index contributed by atoms with van der Waals surface area (Å²) < 4.78 is 23.3. The molecular formula is C9H13N3O3S3. The van der Waals surface area contributed by atoms with Gasteiger partial charge in [-0.1, -0.05) is 11.3 Å². The third kappa shape index (κ3) is 3.85. The Labute approximate surface area is 113 Å². The number of carbonyl (C=O) groups excluding carboxylic acids is 1. The summed E-state index contributed by atoms with van der Waals surface area (Å²) in [5.74, 6) is 0.306. The number of anilines is 1. The highest BCUT2D eigenvalue weighted by Crippen LogP contribution is 2.26. The number of thiazole rings is 1. The Balaban J connectivity index is 1.76. The molecule has 0 aliphatic carbocycles. The van der Waals surface area contributed by atoms with Gasteiger partial charge in [0.15, 0.2) is 15.0 Å². The van der Waals surface area contributed by atoms with Crippen molar-refractivity contribution in [2.24, 2.45) is 0 Å². The second-order valence-electron chi connectivity index (χ2n) is 3.97. The van der Waals surface area contributed by atoms with E-state index >= 15 is 0 Å². The maximum atomic E-state index is 11.6. The predicted octanol–water partition coefficient (Wildman–Crippen LogP) is 0.121. The lowest BCUT2D eigenvalue weighted by Crippen LogP contribution is -2.36. The van der Waals surface area contributed by atoms with E-state index in [0.29, 0.717) is 11.6 Å². The molecule has 3 N–H and O–H groups in total. The van der Waals surface area contributed by atoms with Crippen LogP contribution in [0.3, 0.4) is 0 Å². The van der Waals surface area contributed by atoms with Crippen LogP contribution in [0.5, 0.6) is 0 Å². The Kier molecular flexibility index (Phi) is 4.13. The number of aromatic nitrogens is 1. The fourth-order valence-corrected chi connectivity index (χ4v) is 4.90. The first-order valence-electron chi connectivity index (χ1n) is 5.28. The summed E-state index contributed by atoms with van der Waals surface area (Å²) in [6.45, 7) is 0. The van der Waals surface area contributed by atoms with Crippen LogP contribution < -0.4 is 11.1 Å². The minimum atomic E-state index is -2.95. The molecule has 0 spiro atoms. The summed E-state index contributed by atoms with van der Waals surface area (Å²) in [6, 6.07) is -0.241. The van der Waals surface area contributed by atoms with Crippen LogP contribution in [0.2, 0.25) is 0 Å². The number of sulfone groups is 1. The van der Waals surface area contributed by atoms with Gasteiger partial charge in [-0.3, -0.25) is 4.79 Å². The molecule has 2 heterocycles. The second kappa shape index (κ2) is 5.45. The van der Waals surface area contributed by atoms with E-state index in [2.05, 4.69) is 10.3 Å². The van der Waals surface area contributed by atoms with Crippen molar-refractivity contribution < 1.29 is 13.2 Å². The number of nitrogens with one attached hydrogen (secondary N) is 1. The van der Waals surface area contributed by atoms with E-state index in [1.807, 2.05) is 0 Å². The fourth-order valence-electron chi connectivity index (χ4n) is 1.65. The number of thioether (sulfide) groups is 1. The maximum Gasteiger partial charge on any atom is 0.230 e. The zero-order chi connectivity index (χ0) is 13.2. The summed E-state index contributed by atoms with van der Waals surface area (Å²) in [5, 5.41) is 3.20. The van der Waals surface area contributed by atoms with Crippen molar-refractivity contribution in [3.8, 4) is 0 Å². The number of hydrogen-bond donors (Lipinski definition) is 2.